The molecule has 0 bridgehead atoms. The molecule has 1 fully saturated rings. The van der Waals surface area contributed by atoms with Crippen LogP contribution in [0.5, 0.6) is 0 Å². The number of nitrogens with one attached hydrogen (secondary N) is 1. The molecule has 34 heavy (non-hydrogen) atoms. The average molecular weight is 453 g/mol. The average Bonchev–Trinajstić information content (AvgIpc) is 2.87. The highest BCUT2D eigenvalue weighted by Gasteiger charge is 2.22. The van der Waals surface area contributed by atoms with Crippen LogP contribution in [0.25, 0.3) is 11.1 Å². The van der Waals surface area contributed by atoms with Crippen molar-refractivity contribution in [2.24, 2.45) is 0 Å². The molecule has 3 aromatic carbocycles. The summed E-state index contributed by atoms with van der Waals surface area (Å²) in [5.41, 5.74) is 10.7. The Morgan fingerprint density at radius 1 is 0.882 bits per heavy atom. The molecule has 0 saturated heterocycles. The zero-order valence-corrected chi connectivity index (χ0v) is 20.5. The van der Waals surface area contributed by atoms with Gasteiger partial charge in [-0.3, -0.25) is 4.79 Å². The van der Waals surface area contributed by atoms with Gasteiger partial charge in [0.2, 0.25) is 0 Å². The van der Waals surface area contributed by atoms with Gasteiger partial charge in [-0.25, -0.2) is 0 Å². The number of likely N-dealkylation sites (N-methyl/N-ethyl adjacent to an activating group) is 1. The van der Waals surface area contributed by atoms with E-state index in [1.165, 1.54) is 54.5 Å². The second kappa shape index (κ2) is 11.8. The first-order valence-corrected chi connectivity index (χ1v) is 12.5. The van der Waals surface area contributed by atoms with E-state index >= 15 is 0 Å². The molecule has 176 valence electrons. The van der Waals surface area contributed by atoms with Crippen LogP contribution in [-0.2, 0) is 19.4 Å². The van der Waals surface area contributed by atoms with Crippen LogP contribution < -0.4 is 5.32 Å². The molecule has 2 aliphatic rings. The van der Waals surface area contributed by atoms with Crippen LogP contribution in [0.4, 0.5) is 0 Å². The Labute approximate surface area is 204 Å². The van der Waals surface area contributed by atoms with Crippen molar-refractivity contribution in [1.29, 1.82) is 0 Å². The lowest BCUT2D eigenvalue weighted by molar-refractivity contribution is 0.112. The number of fused-ring (bicyclic) bond motifs is 1. The summed E-state index contributed by atoms with van der Waals surface area (Å²) in [5, 5.41) is 3.34. The predicted octanol–water partition coefficient (Wildman–Crippen LogP) is 6.43. The van der Waals surface area contributed by atoms with Crippen LogP contribution in [0.15, 0.2) is 84.1 Å². The van der Waals surface area contributed by atoms with Gasteiger partial charge in [0.15, 0.2) is 0 Å². The Morgan fingerprint density at radius 3 is 2.09 bits per heavy atom. The molecule has 0 radical (unpaired) electrons. The molecule has 0 atom stereocenters. The molecule has 1 N–H and O–H groups in total. The number of hydrogen-bond acceptors (Lipinski definition) is 3. The Hall–Kier alpha value is -3.17. The summed E-state index contributed by atoms with van der Waals surface area (Å²) < 4.78 is 0. The highest BCUT2D eigenvalue weighted by Crippen LogP contribution is 2.32. The Bertz CT molecular complexity index is 1110. The predicted molar refractivity (Wildman–Crippen MR) is 142 cm³/mol. The van der Waals surface area contributed by atoms with E-state index < -0.39 is 0 Å². The second-order valence-corrected chi connectivity index (χ2v) is 9.16. The van der Waals surface area contributed by atoms with Gasteiger partial charge in [0, 0.05) is 30.9 Å². The molecule has 0 aromatic heterocycles. The van der Waals surface area contributed by atoms with Crippen LogP contribution in [-0.4, -0.2) is 31.3 Å². The van der Waals surface area contributed by atoms with Crippen molar-refractivity contribution < 1.29 is 4.79 Å². The molecule has 0 spiro atoms. The third-order valence-electron chi connectivity index (χ3n) is 6.96. The van der Waals surface area contributed by atoms with Gasteiger partial charge in [0.25, 0.3) is 0 Å². The van der Waals surface area contributed by atoms with E-state index in [0.717, 1.165) is 31.4 Å². The number of hydrogen-bond donors (Lipinski definition) is 1. The van der Waals surface area contributed by atoms with E-state index in [4.69, 9.17) is 0 Å². The molecule has 0 unspecified atom stereocenters. The highest BCUT2D eigenvalue weighted by atomic mass is 16.1. The molecular formula is C31H36N2O. The minimum absolute atomic E-state index is 0.717. The molecule has 3 aromatic rings. The van der Waals surface area contributed by atoms with E-state index in [0.29, 0.717) is 5.56 Å². The lowest BCUT2D eigenvalue weighted by Gasteiger charge is -2.36. The number of carbonyl (C=O) groups excluding carboxylic acids is 1. The lowest BCUT2D eigenvalue weighted by Crippen LogP contribution is -2.35. The fourth-order valence-electron chi connectivity index (χ4n) is 4.68. The van der Waals surface area contributed by atoms with Gasteiger partial charge in [-0.15, -0.1) is 0 Å². The van der Waals surface area contributed by atoms with Crippen LogP contribution in [0.2, 0.25) is 0 Å². The Morgan fingerprint density at radius 2 is 1.53 bits per heavy atom. The van der Waals surface area contributed by atoms with Crippen molar-refractivity contribution >= 4 is 6.29 Å². The molecule has 1 saturated carbocycles. The Kier molecular flexibility index (Phi) is 8.32. The smallest absolute Gasteiger partial charge is 0.150 e. The van der Waals surface area contributed by atoms with Crippen molar-refractivity contribution in [2.75, 3.05) is 20.1 Å². The van der Waals surface area contributed by atoms with Gasteiger partial charge >= 0.3 is 0 Å². The molecule has 3 heteroatoms. The van der Waals surface area contributed by atoms with Crippen molar-refractivity contribution in [1.82, 2.24) is 10.2 Å². The van der Waals surface area contributed by atoms with Crippen molar-refractivity contribution in [2.45, 2.75) is 45.6 Å². The van der Waals surface area contributed by atoms with Gasteiger partial charge < -0.3 is 10.2 Å². The molecule has 0 amide bonds. The van der Waals surface area contributed by atoms with E-state index in [1.807, 2.05) is 24.3 Å². The summed E-state index contributed by atoms with van der Waals surface area (Å²) >= 11 is 0. The molecule has 1 aliphatic carbocycles. The van der Waals surface area contributed by atoms with E-state index in [9.17, 15) is 4.79 Å². The first-order valence-electron chi connectivity index (χ1n) is 12.5. The minimum atomic E-state index is 0.717. The number of benzene rings is 3. The number of allylic oxidation sites excluding steroid dienone is 1. The van der Waals surface area contributed by atoms with Crippen LogP contribution >= 0.6 is 0 Å². The summed E-state index contributed by atoms with van der Waals surface area (Å²) in [6.45, 7) is 5.44. The maximum absolute atomic E-state index is 10.5. The van der Waals surface area contributed by atoms with Crippen LogP contribution in [0.3, 0.4) is 0 Å². The third-order valence-corrected chi connectivity index (χ3v) is 6.96. The Balaban J connectivity index is 0.000000162. The first-order chi connectivity index (χ1) is 16.7. The quantitative estimate of drug-likeness (QED) is 0.437. The van der Waals surface area contributed by atoms with Crippen LogP contribution in [0, 0.1) is 0 Å². The lowest BCUT2D eigenvalue weighted by atomic mass is 9.89. The maximum Gasteiger partial charge on any atom is 0.150 e. The molecule has 5 rings (SSSR count). The van der Waals surface area contributed by atoms with Crippen molar-refractivity contribution in [3.8, 4) is 11.1 Å². The van der Waals surface area contributed by atoms with E-state index in [-0.39, 0.29) is 0 Å². The van der Waals surface area contributed by atoms with Gasteiger partial charge in [-0.1, -0.05) is 79.7 Å². The number of carbonyl (C=O) groups is 1. The van der Waals surface area contributed by atoms with Gasteiger partial charge in [-0.05, 0) is 72.5 Å². The maximum atomic E-state index is 10.5. The fourth-order valence-corrected chi connectivity index (χ4v) is 4.68. The number of aldehydes is 1. The normalized spacial score (nSPS) is 14.4. The summed E-state index contributed by atoms with van der Waals surface area (Å²) in [6.07, 6.45) is 7.13. The molecular weight excluding hydrogens is 416 g/mol. The third kappa shape index (κ3) is 5.84. The van der Waals surface area contributed by atoms with E-state index in [1.54, 1.807) is 11.3 Å². The second-order valence-electron chi connectivity index (χ2n) is 9.16. The van der Waals surface area contributed by atoms with Crippen molar-refractivity contribution in [3.05, 3.63) is 106 Å². The highest BCUT2D eigenvalue weighted by molar-refractivity contribution is 5.76. The van der Waals surface area contributed by atoms with Crippen molar-refractivity contribution in [3.63, 3.8) is 0 Å². The first kappa shape index (κ1) is 24.0. The molecule has 3 nitrogen and oxygen atoms in total. The van der Waals surface area contributed by atoms with Gasteiger partial charge in [-0.2, -0.15) is 0 Å². The largest absolute Gasteiger partial charge is 0.369 e. The summed E-state index contributed by atoms with van der Waals surface area (Å²) in [4.78, 5) is 13.1. The fraction of sp³-hybridized carbons (Fsp3) is 0.323. The van der Waals surface area contributed by atoms with Gasteiger partial charge in [0.05, 0.1) is 0 Å². The van der Waals surface area contributed by atoms with E-state index in [2.05, 4.69) is 72.7 Å². The summed E-state index contributed by atoms with van der Waals surface area (Å²) in [6, 6.07) is 25.0. The zero-order valence-electron chi connectivity index (χ0n) is 20.5. The number of aryl methyl sites for hydroxylation is 1. The minimum Gasteiger partial charge on any atom is -0.369 e. The zero-order chi connectivity index (χ0) is 23.8. The van der Waals surface area contributed by atoms with Gasteiger partial charge in [0.1, 0.15) is 6.29 Å². The van der Waals surface area contributed by atoms with Crippen LogP contribution in [0.1, 0.15) is 53.2 Å². The monoisotopic (exact) mass is 452 g/mol. The number of nitrogens with zero attached hydrogens (tertiary/aromatic N) is 1. The summed E-state index contributed by atoms with van der Waals surface area (Å²) in [5.74, 6) is 0. The molecule has 1 aliphatic heterocycles. The standard InChI is InChI=1S/C16H22N2.C15H14O/c1-17-11-16(14-7-4-8-14)18-10-9-13-5-2-3-6-15(13)12-18;1-2-12-3-7-14(8-4-12)15-9-5-13(11-16)6-10-15/h2-3,5-6,17H,4,7-12H2,1H3;3-11H,2H2,1H3. The topological polar surface area (TPSA) is 32.3 Å². The molecule has 1 heterocycles. The number of rotatable bonds is 6. The summed E-state index contributed by atoms with van der Waals surface area (Å²) in [7, 11) is 2.05. The SMILES string of the molecule is CCc1ccc(-c2ccc(C=O)cc2)cc1.CNCC(=C1CCC1)N1CCc2ccccc2C1.